The van der Waals surface area contributed by atoms with Gasteiger partial charge in [0.05, 0.1) is 4.90 Å². The van der Waals surface area contributed by atoms with Crippen molar-refractivity contribution in [3.8, 4) is 0 Å². The average Bonchev–Trinajstić information content (AvgIpc) is 2.16. The maximum absolute atomic E-state index is 11.3. The van der Waals surface area contributed by atoms with E-state index in [-0.39, 0.29) is 12.4 Å². The highest BCUT2D eigenvalue weighted by Crippen LogP contribution is 2.18. The third kappa shape index (κ3) is 2.71. The Morgan fingerprint density at radius 1 is 1.27 bits per heavy atom. The van der Waals surface area contributed by atoms with Gasteiger partial charge in [-0.3, -0.25) is 0 Å². The average molecular weight is 248 g/mol. The molecule has 5 heteroatoms. The Labute approximate surface area is 96.2 Å². The van der Waals surface area contributed by atoms with Crippen molar-refractivity contribution in [3.05, 3.63) is 29.3 Å². The zero-order valence-electron chi connectivity index (χ0n) is 8.49. The molecule has 0 saturated carbocycles. The van der Waals surface area contributed by atoms with Crippen LogP contribution in [0.15, 0.2) is 23.1 Å². The fraction of sp³-hybridized carbons (Fsp3) is 0.400. The van der Waals surface area contributed by atoms with E-state index < -0.39 is 9.84 Å². The van der Waals surface area contributed by atoms with E-state index in [0.717, 1.165) is 25.1 Å². The molecule has 0 fully saturated rings. The van der Waals surface area contributed by atoms with E-state index in [1.54, 1.807) is 12.1 Å². The summed E-state index contributed by atoms with van der Waals surface area (Å²) in [6.07, 6.45) is 2.23. The molecular formula is C10H14ClNO2S. The lowest BCUT2D eigenvalue weighted by Crippen LogP contribution is -2.23. The van der Waals surface area contributed by atoms with E-state index in [1.165, 1.54) is 11.8 Å². The Bertz CT molecular complexity index is 456. The second-order valence-corrected chi connectivity index (χ2v) is 5.65. The van der Waals surface area contributed by atoms with Crippen molar-refractivity contribution in [1.82, 2.24) is 5.32 Å². The molecule has 1 aliphatic heterocycles. The first-order valence-corrected chi connectivity index (χ1v) is 6.49. The normalized spacial score (nSPS) is 15.3. The van der Waals surface area contributed by atoms with Crippen molar-refractivity contribution in [2.24, 2.45) is 0 Å². The van der Waals surface area contributed by atoms with Crippen molar-refractivity contribution in [3.63, 3.8) is 0 Å². The number of halogens is 1. The number of fused-ring (bicyclic) bond motifs is 1. The number of hydrogen-bond acceptors (Lipinski definition) is 3. The predicted molar refractivity (Wildman–Crippen MR) is 62.2 cm³/mol. The first kappa shape index (κ1) is 12.5. The van der Waals surface area contributed by atoms with Gasteiger partial charge in [-0.25, -0.2) is 8.42 Å². The summed E-state index contributed by atoms with van der Waals surface area (Å²) in [6.45, 7) is 1.75. The van der Waals surface area contributed by atoms with E-state index in [0.29, 0.717) is 4.90 Å². The number of nitrogens with one attached hydrogen (secondary N) is 1. The number of rotatable bonds is 1. The Hall–Kier alpha value is -0.580. The minimum absolute atomic E-state index is 0. The zero-order chi connectivity index (χ0) is 10.2. The summed E-state index contributed by atoms with van der Waals surface area (Å²) in [5, 5.41) is 3.22. The second kappa shape index (κ2) is 4.51. The Balaban J connectivity index is 0.00000112. The highest BCUT2D eigenvalue weighted by atomic mass is 35.5. The van der Waals surface area contributed by atoms with Gasteiger partial charge in [-0.15, -0.1) is 12.4 Å². The topological polar surface area (TPSA) is 46.2 Å². The van der Waals surface area contributed by atoms with Gasteiger partial charge in [0.1, 0.15) is 0 Å². The molecule has 1 aromatic rings. The number of hydrogen-bond donors (Lipinski definition) is 1. The third-order valence-corrected chi connectivity index (χ3v) is 3.60. The molecule has 0 aromatic heterocycles. The van der Waals surface area contributed by atoms with Gasteiger partial charge >= 0.3 is 0 Å². The van der Waals surface area contributed by atoms with Crippen LogP contribution in [0.1, 0.15) is 11.1 Å². The van der Waals surface area contributed by atoms with Gasteiger partial charge in [0.15, 0.2) is 9.84 Å². The first-order chi connectivity index (χ1) is 6.57. The van der Waals surface area contributed by atoms with Crippen molar-refractivity contribution >= 4 is 22.2 Å². The quantitative estimate of drug-likeness (QED) is 0.810. The van der Waals surface area contributed by atoms with Crippen LogP contribution >= 0.6 is 12.4 Å². The first-order valence-electron chi connectivity index (χ1n) is 4.60. The maximum Gasteiger partial charge on any atom is 0.175 e. The summed E-state index contributed by atoms with van der Waals surface area (Å²) < 4.78 is 22.6. The third-order valence-electron chi connectivity index (χ3n) is 2.49. The lowest BCUT2D eigenvalue weighted by Gasteiger charge is -2.17. The van der Waals surface area contributed by atoms with E-state index in [2.05, 4.69) is 5.32 Å². The fourth-order valence-electron chi connectivity index (χ4n) is 1.69. The minimum Gasteiger partial charge on any atom is -0.312 e. The van der Waals surface area contributed by atoms with E-state index >= 15 is 0 Å². The molecule has 1 heterocycles. The van der Waals surface area contributed by atoms with Crippen LogP contribution in [-0.4, -0.2) is 21.2 Å². The van der Waals surface area contributed by atoms with Gasteiger partial charge in [-0.1, -0.05) is 6.07 Å². The molecule has 0 spiro atoms. The Kier molecular flexibility index (Phi) is 3.76. The van der Waals surface area contributed by atoms with Crippen molar-refractivity contribution < 1.29 is 8.42 Å². The monoisotopic (exact) mass is 247 g/mol. The SMILES string of the molecule is CS(=O)(=O)c1ccc2c(c1)CNCC2.Cl. The highest BCUT2D eigenvalue weighted by Gasteiger charge is 2.12. The molecule has 0 saturated heterocycles. The predicted octanol–water partition coefficient (Wildman–Crippen LogP) is 1.16. The van der Waals surface area contributed by atoms with Crippen molar-refractivity contribution in [2.45, 2.75) is 17.9 Å². The smallest absolute Gasteiger partial charge is 0.175 e. The molecular weight excluding hydrogens is 234 g/mol. The molecule has 0 atom stereocenters. The van der Waals surface area contributed by atoms with Gasteiger partial charge in [0.2, 0.25) is 0 Å². The summed E-state index contributed by atoms with van der Waals surface area (Å²) in [6, 6.07) is 5.39. The van der Waals surface area contributed by atoms with Gasteiger partial charge in [-0.05, 0) is 36.2 Å². The second-order valence-electron chi connectivity index (χ2n) is 3.63. The van der Waals surface area contributed by atoms with Crippen LogP contribution in [0.25, 0.3) is 0 Å². The van der Waals surface area contributed by atoms with Crippen molar-refractivity contribution in [2.75, 3.05) is 12.8 Å². The molecule has 1 aromatic carbocycles. The Morgan fingerprint density at radius 3 is 2.67 bits per heavy atom. The largest absolute Gasteiger partial charge is 0.312 e. The Morgan fingerprint density at radius 2 is 2.00 bits per heavy atom. The van der Waals surface area contributed by atoms with Crippen LogP contribution in [0.3, 0.4) is 0 Å². The van der Waals surface area contributed by atoms with E-state index in [1.807, 2.05) is 6.07 Å². The highest BCUT2D eigenvalue weighted by molar-refractivity contribution is 7.90. The molecule has 84 valence electrons. The van der Waals surface area contributed by atoms with Crippen LogP contribution in [0.4, 0.5) is 0 Å². The lowest BCUT2D eigenvalue weighted by molar-refractivity contribution is 0.600. The maximum atomic E-state index is 11.3. The summed E-state index contributed by atoms with van der Waals surface area (Å²) in [7, 11) is -3.06. The summed E-state index contributed by atoms with van der Waals surface area (Å²) in [5.74, 6) is 0. The van der Waals surface area contributed by atoms with Crippen molar-refractivity contribution in [1.29, 1.82) is 0 Å². The summed E-state index contributed by atoms with van der Waals surface area (Å²) >= 11 is 0. The number of benzene rings is 1. The molecule has 1 aliphatic rings. The number of sulfone groups is 1. The summed E-state index contributed by atoms with van der Waals surface area (Å²) in [5.41, 5.74) is 2.37. The molecule has 0 bridgehead atoms. The van der Waals surface area contributed by atoms with Crippen LogP contribution in [-0.2, 0) is 22.8 Å². The van der Waals surface area contributed by atoms with Gasteiger partial charge in [-0.2, -0.15) is 0 Å². The fourth-order valence-corrected chi connectivity index (χ4v) is 2.36. The van der Waals surface area contributed by atoms with E-state index in [9.17, 15) is 8.42 Å². The molecule has 2 rings (SSSR count). The van der Waals surface area contributed by atoms with Gasteiger partial charge < -0.3 is 5.32 Å². The molecule has 0 amide bonds. The summed E-state index contributed by atoms with van der Waals surface area (Å²) in [4.78, 5) is 0.417. The van der Waals surface area contributed by atoms with Gasteiger partial charge in [0.25, 0.3) is 0 Å². The van der Waals surface area contributed by atoms with E-state index in [4.69, 9.17) is 0 Å². The van der Waals surface area contributed by atoms with Gasteiger partial charge in [0, 0.05) is 12.8 Å². The minimum atomic E-state index is -3.06. The molecule has 0 aliphatic carbocycles. The van der Waals surface area contributed by atoms with Crippen LogP contribution in [0.5, 0.6) is 0 Å². The molecule has 0 radical (unpaired) electrons. The molecule has 3 nitrogen and oxygen atoms in total. The van der Waals surface area contributed by atoms with Crippen LogP contribution in [0, 0.1) is 0 Å². The standard InChI is InChI=1S/C10H13NO2S.ClH/c1-14(12,13)10-3-2-8-4-5-11-7-9(8)6-10;/h2-3,6,11H,4-5,7H2,1H3;1H. The van der Waals surface area contributed by atoms with Crippen LogP contribution in [0.2, 0.25) is 0 Å². The van der Waals surface area contributed by atoms with Crippen LogP contribution < -0.4 is 5.32 Å². The zero-order valence-corrected chi connectivity index (χ0v) is 10.1. The lowest BCUT2D eigenvalue weighted by atomic mass is 10.0. The molecule has 15 heavy (non-hydrogen) atoms. The molecule has 1 N–H and O–H groups in total. The molecule has 0 unspecified atom stereocenters.